The Hall–Kier alpha value is -1.39. The third kappa shape index (κ3) is 7.21. The average Bonchev–Trinajstić information content (AvgIpc) is 2.60. The van der Waals surface area contributed by atoms with Crippen molar-refractivity contribution in [2.45, 2.75) is 52.6 Å². The zero-order valence-electron chi connectivity index (χ0n) is 17.1. The van der Waals surface area contributed by atoms with Gasteiger partial charge in [-0.25, -0.2) is 0 Å². The van der Waals surface area contributed by atoms with Crippen LogP contribution in [-0.4, -0.2) is 18.0 Å². The van der Waals surface area contributed by atoms with Crippen molar-refractivity contribution in [2.75, 3.05) is 5.32 Å². The van der Waals surface area contributed by atoms with E-state index in [-0.39, 0.29) is 12.2 Å². The first-order valence-electron chi connectivity index (χ1n) is 9.41. The SMILES string of the molecule is Cc1ccc(/C=C/[C@H](Nc2ccc(Br)cc2)P(=O)(OC(C)C)OC(C)C)cc1. The first-order valence-corrected chi connectivity index (χ1v) is 11.8. The summed E-state index contributed by atoms with van der Waals surface area (Å²) in [5.74, 6) is -0.625. The van der Waals surface area contributed by atoms with Gasteiger partial charge >= 0.3 is 7.60 Å². The van der Waals surface area contributed by atoms with E-state index in [4.69, 9.17) is 9.05 Å². The molecule has 28 heavy (non-hydrogen) atoms. The van der Waals surface area contributed by atoms with Crippen LogP contribution >= 0.6 is 23.5 Å². The van der Waals surface area contributed by atoms with Gasteiger partial charge in [-0.15, -0.1) is 0 Å². The molecule has 0 aromatic heterocycles. The van der Waals surface area contributed by atoms with Crippen LogP contribution in [-0.2, 0) is 13.6 Å². The molecule has 0 amide bonds. The lowest BCUT2D eigenvalue weighted by molar-refractivity contribution is 0.140. The van der Waals surface area contributed by atoms with Gasteiger partial charge in [-0.05, 0) is 70.5 Å². The largest absolute Gasteiger partial charge is 0.368 e. The molecule has 1 atom stereocenters. The minimum atomic E-state index is -3.48. The molecule has 0 saturated carbocycles. The molecule has 6 heteroatoms. The van der Waals surface area contributed by atoms with Crippen molar-refractivity contribution in [1.82, 2.24) is 0 Å². The molecule has 2 aromatic carbocycles. The van der Waals surface area contributed by atoms with E-state index in [2.05, 4.69) is 21.2 Å². The van der Waals surface area contributed by atoms with Crippen LogP contribution in [0.25, 0.3) is 6.08 Å². The monoisotopic (exact) mass is 465 g/mol. The Morgan fingerprint density at radius 3 is 1.96 bits per heavy atom. The van der Waals surface area contributed by atoms with Gasteiger partial charge in [0.15, 0.2) is 0 Å². The number of hydrogen-bond acceptors (Lipinski definition) is 4. The lowest BCUT2D eigenvalue weighted by Crippen LogP contribution is -2.23. The molecule has 2 aromatic rings. The van der Waals surface area contributed by atoms with Crippen molar-refractivity contribution in [3.05, 3.63) is 70.2 Å². The number of halogens is 1. The second-order valence-electron chi connectivity index (χ2n) is 7.21. The molecule has 0 aliphatic rings. The smallest absolute Gasteiger partial charge is 0.357 e. The van der Waals surface area contributed by atoms with Gasteiger partial charge in [-0.3, -0.25) is 4.57 Å². The Kier molecular flexibility index (Phi) is 8.51. The fraction of sp³-hybridized carbons (Fsp3) is 0.364. The number of nitrogens with one attached hydrogen (secondary N) is 1. The van der Waals surface area contributed by atoms with Gasteiger partial charge in [0.05, 0.1) is 12.2 Å². The van der Waals surface area contributed by atoms with Gasteiger partial charge in [-0.2, -0.15) is 0 Å². The molecular weight excluding hydrogens is 437 g/mol. The molecule has 2 rings (SSSR count). The molecule has 0 fully saturated rings. The first kappa shape index (κ1) is 22.9. The van der Waals surface area contributed by atoms with Crippen LogP contribution in [0.3, 0.4) is 0 Å². The predicted molar refractivity (Wildman–Crippen MR) is 122 cm³/mol. The summed E-state index contributed by atoms with van der Waals surface area (Å²) in [6.07, 6.45) is 3.34. The van der Waals surface area contributed by atoms with E-state index in [9.17, 15) is 4.57 Å². The molecule has 0 unspecified atom stereocenters. The Bertz CT molecular complexity index is 803. The fourth-order valence-corrected chi connectivity index (χ4v) is 4.93. The van der Waals surface area contributed by atoms with Crippen molar-refractivity contribution in [3.63, 3.8) is 0 Å². The van der Waals surface area contributed by atoms with Crippen LogP contribution in [0, 0.1) is 6.92 Å². The zero-order chi connectivity index (χ0) is 20.7. The van der Waals surface area contributed by atoms with Crippen LogP contribution in [0.2, 0.25) is 0 Å². The minimum absolute atomic E-state index is 0.230. The van der Waals surface area contributed by atoms with E-state index in [0.717, 1.165) is 15.7 Å². The third-order valence-electron chi connectivity index (χ3n) is 3.76. The third-order valence-corrected chi connectivity index (χ3v) is 6.71. The van der Waals surface area contributed by atoms with Gasteiger partial charge in [0.2, 0.25) is 0 Å². The highest BCUT2D eigenvalue weighted by molar-refractivity contribution is 9.10. The highest BCUT2D eigenvalue weighted by Gasteiger charge is 2.36. The second-order valence-corrected chi connectivity index (χ2v) is 10.2. The highest BCUT2D eigenvalue weighted by atomic mass is 79.9. The maximum absolute atomic E-state index is 13.7. The Balaban J connectivity index is 2.38. The Morgan fingerprint density at radius 2 is 1.46 bits per heavy atom. The Labute approximate surface area is 177 Å². The number of aryl methyl sites for hydroxylation is 1. The summed E-state index contributed by atoms with van der Waals surface area (Å²) in [5.41, 5.74) is 3.05. The molecule has 0 aliphatic carbocycles. The Morgan fingerprint density at radius 1 is 0.929 bits per heavy atom. The van der Waals surface area contributed by atoms with Gasteiger partial charge in [0, 0.05) is 10.2 Å². The van der Waals surface area contributed by atoms with Gasteiger partial charge < -0.3 is 14.4 Å². The van der Waals surface area contributed by atoms with Crippen molar-refractivity contribution in [2.24, 2.45) is 0 Å². The van der Waals surface area contributed by atoms with Crippen LogP contribution in [0.15, 0.2) is 59.1 Å². The molecule has 0 radical (unpaired) electrons. The number of anilines is 1. The van der Waals surface area contributed by atoms with Crippen molar-refractivity contribution < 1.29 is 13.6 Å². The normalized spacial score (nSPS) is 13.4. The molecule has 4 nitrogen and oxygen atoms in total. The second kappa shape index (κ2) is 10.4. The summed E-state index contributed by atoms with van der Waals surface area (Å²) in [6.45, 7) is 9.48. The molecule has 1 N–H and O–H groups in total. The van der Waals surface area contributed by atoms with Crippen molar-refractivity contribution in [1.29, 1.82) is 0 Å². The molecule has 0 aliphatic heterocycles. The van der Waals surface area contributed by atoms with E-state index >= 15 is 0 Å². The number of rotatable bonds is 9. The molecule has 0 heterocycles. The average molecular weight is 466 g/mol. The summed E-state index contributed by atoms with van der Waals surface area (Å²) < 4.78 is 26.3. The summed E-state index contributed by atoms with van der Waals surface area (Å²) >= 11 is 3.44. The van der Waals surface area contributed by atoms with Crippen molar-refractivity contribution in [3.8, 4) is 0 Å². The summed E-state index contributed by atoms with van der Waals surface area (Å²) in [7, 11) is -3.48. The van der Waals surface area contributed by atoms with Gasteiger partial charge in [0.1, 0.15) is 5.78 Å². The topological polar surface area (TPSA) is 47.6 Å². The van der Waals surface area contributed by atoms with E-state index in [0.29, 0.717) is 0 Å². The molecule has 0 bridgehead atoms. The molecular formula is C22H29BrNO3P. The lowest BCUT2D eigenvalue weighted by Gasteiger charge is -2.29. The standard InChI is InChI=1S/C22H29BrNO3P/c1-16(2)26-28(25,27-17(3)4)22(24-21-13-11-20(23)12-14-21)15-10-19-8-6-18(5)7-9-19/h6-17,22,24H,1-5H3/b15-10+/t22-/m1/s1. The van der Waals surface area contributed by atoms with Gasteiger partial charge in [-0.1, -0.05) is 51.8 Å². The quantitative estimate of drug-likeness (QED) is 0.396. The zero-order valence-corrected chi connectivity index (χ0v) is 19.5. The van der Waals surface area contributed by atoms with Gasteiger partial charge in [0.25, 0.3) is 0 Å². The van der Waals surface area contributed by atoms with E-state index in [1.54, 1.807) is 0 Å². The fourth-order valence-electron chi connectivity index (χ4n) is 2.57. The maximum Gasteiger partial charge on any atom is 0.357 e. The molecule has 0 spiro atoms. The lowest BCUT2D eigenvalue weighted by atomic mass is 10.1. The minimum Gasteiger partial charge on any atom is -0.368 e. The number of benzene rings is 2. The van der Waals surface area contributed by atoms with Crippen molar-refractivity contribution >= 4 is 35.3 Å². The summed E-state index contributed by atoms with van der Waals surface area (Å²) in [4.78, 5) is 0. The highest BCUT2D eigenvalue weighted by Crippen LogP contribution is 2.55. The predicted octanol–water partition coefficient (Wildman–Crippen LogP) is 7.25. The number of hydrogen-bond donors (Lipinski definition) is 1. The van der Waals surface area contributed by atoms with Crippen LogP contribution in [0.5, 0.6) is 0 Å². The van der Waals surface area contributed by atoms with E-state index in [1.165, 1.54) is 5.56 Å². The summed E-state index contributed by atoms with van der Waals surface area (Å²) in [5, 5.41) is 3.32. The maximum atomic E-state index is 13.7. The van der Waals surface area contributed by atoms with Crippen LogP contribution in [0.1, 0.15) is 38.8 Å². The van der Waals surface area contributed by atoms with E-state index < -0.39 is 13.4 Å². The van der Waals surface area contributed by atoms with E-state index in [1.807, 2.05) is 95.3 Å². The first-order chi connectivity index (χ1) is 13.2. The molecule has 0 saturated heterocycles. The van der Waals surface area contributed by atoms with Crippen LogP contribution < -0.4 is 5.32 Å². The van der Waals surface area contributed by atoms with Crippen LogP contribution in [0.4, 0.5) is 5.69 Å². The summed E-state index contributed by atoms with van der Waals surface area (Å²) in [6, 6.07) is 15.9. The molecule has 152 valence electrons.